The van der Waals surface area contributed by atoms with Gasteiger partial charge in [-0.25, -0.2) is 15.0 Å². The second kappa shape index (κ2) is 8.21. The summed E-state index contributed by atoms with van der Waals surface area (Å²) in [5.74, 6) is 1.39. The molecule has 0 amide bonds. The predicted molar refractivity (Wildman–Crippen MR) is 94.8 cm³/mol. The highest BCUT2D eigenvalue weighted by atomic mass is 15.3. The molecule has 1 saturated heterocycles. The van der Waals surface area contributed by atoms with Gasteiger partial charge in [-0.2, -0.15) is 0 Å². The molecule has 24 heavy (non-hydrogen) atoms. The highest BCUT2D eigenvalue weighted by molar-refractivity contribution is 5.30. The van der Waals surface area contributed by atoms with Gasteiger partial charge in [-0.05, 0) is 19.5 Å². The molecule has 130 valence electrons. The van der Waals surface area contributed by atoms with E-state index in [2.05, 4.69) is 48.6 Å². The SMILES string of the molecule is CC(CNCc1cnc(N2CCN(C)CC2)nc1)Cn1ccnc1. The van der Waals surface area contributed by atoms with Crippen LogP contribution >= 0.6 is 0 Å². The molecule has 0 aliphatic carbocycles. The van der Waals surface area contributed by atoms with Crippen molar-refractivity contribution < 1.29 is 0 Å². The molecule has 1 unspecified atom stereocenters. The van der Waals surface area contributed by atoms with Crippen molar-refractivity contribution >= 4 is 5.95 Å². The molecular weight excluding hydrogens is 302 g/mol. The number of hydrogen-bond acceptors (Lipinski definition) is 6. The van der Waals surface area contributed by atoms with Crippen molar-refractivity contribution in [2.45, 2.75) is 20.0 Å². The predicted octanol–water partition coefficient (Wildman–Crippen LogP) is 0.851. The van der Waals surface area contributed by atoms with Gasteiger partial charge in [-0.3, -0.25) is 0 Å². The maximum atomic E-state index is 4.53. The van der Waals surface area contributed by atoms with Crippen molar-refractivity contribution in [3.8, 4) is 0 Å². The van der Waals surface area contributed by atoms with Crippen molar-refractivity contribution in [1.29, 1.82) is 0 Å². The van der Waals surface area contributed by atoms with Crippen LogP contribution in [0.4, 0.5) is 5.95 Å². The van der Waals surface area contributed by atoms with Gasteiger partial charge in [0.2, 0.25) is 5.95 Å². The van der Waals surface area contributed by atoms with Crippen LogP contribution in [0.1, 0.15) is 12.5 Å². The first kappa shape index (κ1) is 16.9. The van der Waals surface area contributed by atoms with Gasteiger partial charge in [-0.1, -0.05) is 6.92 Å². The van der Waals surface area contributed by atoms with Gasteiger partial charge in [-0.15, -0.1) is 0 Å². The van der Waals surface area contributed by atoms with Gasteiger partial charge in [0, 0.05) is 69.6 Å². The van der Waals surface area contributed by atoms with Crippen LogP contribution in [0.15, 0.2) is 31.1 Å². The van der Waals surface area contributed by atoms with E-state index < -0.39 is 0 Å². The van der Waals surface area contributed by atoms with Crippen molar-refractivity contribution in [2.24, 2.45) is 5.92 Å². The fourth-order valence-corrected chi connectivity index (χ4v) is 2.89. The van der Waals surface area contributed by atoms with Crippen molar-refractivity contribution in [3.63, 3.8) is 0 Å². The standard InChI is InChI=1S/C17H27N7/c1-15(13-23-4-3-18-14-23)9-19-10-16-11-20-17(21-12-16)24-7-5-22(2)6-8-24/h3-4,11-12,14-15,19H,5-10,13H2,1-2H3. The summed E-state index contributed by atoms with van der Waals surface area (Å²) in [5, 5.41) is 3.48. The lowest BCUT2D eigenvalue weighted by Gasteiger charge is -2.32. The minimum Gasteiger partial charge on any atom is -0.338 e. The maximum absolute atomic E-state index is 4.53. The molecule has 7 nitrogen and oxygen atoms in total. The Hall–Kier alpha value is -1.99. The molecule has 7 heteroatoms. The lowest BCUT2D eigenvalue weighted by Crippen LogP contribution is -2.45. The second-order valence-electron chi connectivity index (χ2n) is 6.68. The monoisotopic (exact) mass is 329 g/mol. The third kappa shape index (κ3) is 4.75. The summed E-state index contributed by atoms with van der Waals surface area (Å²) in [6.45, 7) is 9.12. The largest absolute Gasteiger partial charge is 0.338 e. The van der Waals surface area contributed by atoms with E-state index in [1.54, 1.807) is 0 Å². The van der Waals surface area contributed by atoms with Gasteiger partial charge in [0.1, 0.15) is 0 Å². The van der Waals surface area contributed by atoms with Crippen LogP contribution in [0.5, 0.6) is 0 Å². The first-order chi connectivity index (χ1) is 11.7. The molecule has 1 fully saturated rings. The number of nitrogens with one attached hydrogen (secondary N) is 1. The minimum atomic E-state index is 0.546. The third-order valence-electron chi connectivity index (χ3n) is 4.38. The van der Waals surface area contributed by atoms with Crippen LogP contribution in [0.3, 0.4) is 0 Å². The molecule has 0 aromatic carbocycles. The average molecular weight is 329 g/mol. The number of rotatable bonds is 7. The van der Waals surface area contributed by atoms with Crippen LogP contribution in [0.25, 0.3) is 0 Å². The molecule has 0 bridgehead atoms. The Morgan fingerprint density at radius 1 is 1.17 bits per heavy atom. The highest BCUT2D eigenvalue weighted by Crippen LogP contribution is 2.10. The molecule has 2 aromatic rings. The number of likely N-dealkylation sites (N-methyl/N-ethyl adjacent to an activating group) is 1. The van der Waals surface area contributed by atoms with Gasteiger partial charge in [0.05, 0.1) is 6.33 Å². The smallest absolute Gasteiger partial charge is 0.225 e. The highest BCUT2D eigenvalue weighted by Gasteiger charge is 2.16. The Balaban J connectivity index is 1.41. The van der Waals surface area contributed by atoms with Gasteiger partial charge < -0.3 is 19.7 Å². The first-order valence-electron chi connectivity index (χ1n) is 8.61. The van der Waals surface area contributed by atoms with Crippen LogP contribution in [-0.4, -0.2) is 64.2 Å². The molecule has 3 rings (SSSR count). The number of hydrogen-bond donors (Lipinski definition) is 1. The Labute approximate surface area is 143 Å². The fraction of sp³-hybridized carbons (Fsp3) is 0.588. The summed E-state index contributed by atoms with van der Waals surface area (Å²) >= 11 is 0. The van der Waals surface area contributed by atoms with Gasteiger partial charge in [0.15, 0.2) is 0 Å². The fourth-order valence-electron chi connectivity index (χ4n) is 2.89. The lowest BCUT2D eigenvalue weighted by atomic mass is 10.2. The summed E-state index contributed by atoms with van der Waals surface area (Å²) in [4.78, 5) is 17.7. The lowest BCUT2D eigenvalue weighted by molar-refractivity contribution is 0.311. The van der Waals surface area contributed by atoms with Gasteiger partial charge in [0.25, 0.3) is 0 Å². The van der Waals surface area contributed by atoms with Gasteiger partial charge >= 0.3 is 0 Å². The Morgan fingerprint density at radius 2 is 1.92 bits per heavy atom. The van der Waals surface area contributed by atoms with Crippen molar-refractivity contribution in [1.82, 2.24) is 29.7 Å². The van der Waals surface area contributed by atoms with E-state index in [1.165, 1.54) is 0 Å². The van der Waals surface area contributed by atoms with E-state index in [0.717, 1.165) is 57.3 Å². The Bertz CT molecular complexity index is 588. The van der Waals surface area contributed by atoms with E-state index >= 15 is 0 Å². The quantitative estimate of drug-likeness (QED) is 0.813. The zero-order valence-corrected chi connectivity index (χ0v) is 14.6. The zero-order valence-electron chi connectivity index (χ0n) is 14.6. The number of nitrogens with zero attached hydrogens (tertiary/aromatic N) is 6. The summed E-state index contributed by atoms with van der Waals surface area (Å²) in [6.07, 6.45) is 9.56. The van der Waals surface area contributed by atoms with E-state index in [0.29, 0.717) is 5.92 Å². The van der Waals surface area contributed by atoms with E-state index in [-0.39, 0.29) is 0 Å². The van der Waals surface area contributed by atoms with Crippen LogP contribution in [0, 0.1) is 5.92 Å². The topological polar surface area (TPSA) is 62.1 Å². The molecule has 3 heterocycles. The Morgan fingerprint density at radius 3 is 2.58 bits per heavy atom. The molecule has 0 saturated carbocycles. The molecule has 1 atom stereocenters. The second-order valence-corrected chi connectivity index (χ2v) is 6.68. The molecule has 0 spiro atoms. The molecule has 1 aliphatic heterocycles. The first-order valence-corrected chi connectivity index (χ1v) is 8.61. The zero-order chi connectivity index (χ0) is 16.8. The number of anilines is 1. The maximum Gasteiger partial charge on any atom is 0.225 e. The summed E-state index contributed by atoms with van der Waals surface area (Å²) < 4.78 is 2.11. The summed E-state index contributed by atoms with van der Waals surface area (Å²) in [6, 6.07) is 0. The molecule has 0 radical (unpaired) electrons. The van der Waals surface area contributed by atoms with E-state index in [4.69, 9.17) is 0 Å². The number of piperazine rings is 1. The van der Waals surface area contributed by atoms with Crippen LogP contribution < -0.4 is 10.2 Å². The van der Waals surface area contributed by atoms with E-state index in [9.17, 15) is 0 Å². The molecular formula is C17H27N7. The third-order valence-corrected chi connectivity index (χ3v) is 4.38. The minimum absolute atomic E-state index is 0.546. The van der Waals surface area contributed by atoms with Crippen LogP contribution in [0.2, 0.25) is 0 Å². The van der Waals surface area contributed by atoms with Crippen molar-refractivity contribution in [2.75, 3.05) is 44.7 Å². The normalized spacial score (nSPS) is 17.2. The molecule has 2 aromatic heterocycles. The average Bonchev–Trinajstić information content (AvgIpc) is 3.09. The molecule has 1 aliphatic rings. The summed E-state index contributed by atoms with van der Waals surface area (Å²) in [5.41, 5.74) is 1.13. The molecule has 1 N–H and O–H groups in total. The number of imidazole rings is 1. The van der Waals surface area contributed by atoms with E-state index in [1.807, 2.05) is 31.1 Å². The summed E-state index contributed by atoms with van der Waals surface area (Å²) in [7, 11) is 2.15. The number of aromatic nitrogens is 4. The Kier molecular flexibility index (Phi) is 5.77. The van der Waals surface area contributed by atoms with Crippen LogP contribution in [-0.2, 0) is 13.1 Å². The van der Waals surface area contributed by atoms with Crippen molar-refractivity contribution in [3.05, 3.63) is 36.7 Å².